The van der Waals surface area contributed by atoms with Crippen molar-refractivity contribution in [1.82, 2.24) is 0 Å². The summed E-state index contributed by atoms with van der Waals surface area (Å²) in [6.45, 7) is 3.17. The number of ether oxygens (including phenoxy) is 1. The third-order valence-electron chi connectivity index (χ3n) is 5.66. The molecule has 0 saturated carbocycles. The van der Waals surface area contributed by atoms with Crippen LogP contribution in [0.25, 0.3) is 6.08 Å². The predicted octanol–water partition coefficient (Wildman–Crippen LogP) is 3.65. The van der Waals surface area contributed by atoms with Crippen LogP contribution in [0.2, 0.25) is 0 Å². The van der Waals surface area contributed by atoms with E-state index in [0.717, 1.165) is 5.56 Å². The van der Waals surface area contributed by atoms with E-state index < -0.39 is 0 Å². The van der Waals surface area contributed by atoms with Crippen LogP contribution in [0.5, 0.6) is 0 Å². The normalized spacial score (nSPS) is 30.8. The second kappa shape index (κ2) is 7.31. The summed E-state index contributed by atoms with van der Waals surface area (Å²) in [5, 5.41) is 0. The van der Waals surface area contributed by atoms with Gasteiger partial charge in [0, 0.05) is 18.4 Å². The van der Waals surface area contributed by atoms with Crippen LogP contribution in [0.3, 0.4) is 0 Å². The number of piperidine rings is 2. The fraction of sp³-hybridized carbons (Fsp3) is 0.550. The van der Waals surface area contributed by atoms with Gasteiger partial charge in [0.1, 0.15) is 6.61 Å². The van der Waals surface area contributed by atoms with Crippen LogP contribution >= 0.6 is 0 Å². The highest BCUT2D eigenvalue weighted by Crippen LogP contribution is 2.36. The number of esters is 1. The summed E-state index contributed by atoms with van der Waals surface area (Å²) in [6.07, 6.45) is 9.80. The fourth-order valence-corrected chi connectivity index (χ4v) is 4.39. The molecule has 124 valence electrons. The summed E-state index contributed by atoms with van der Waals surface area (Å²) in [7, 11) is 2.40. The lowest BCUT2D eigenvalue weighted by Gasteiger charge is -2.51. The molecule has 0 aromatic heterocycles. The first-order valence-corrected chi connectivity index (χ1v) is 8.91. The second-order valence-electron chi connectivity index (χ2n) is 7.27. The van der Waals surface area contributed by atoms with E-state index in [1.807, 2.05) is 36.4 Å². The van der Waals surface area contributed by atoms with Crippen molar-refractivity contribution >= 4 is 12.0 Å². The van der Waals surface area contributed by atoms with E-state index >= 15 is 0 Å². The fourth-order valence-electron chi connectivity index (χ4n) is 4.39. The molecule has 0 N–H and O–H groups in total. The first-order valence-electron chi connectivity index (χ1n) is 8.91. The third kappa shape index (κ3) is 4.03. The molecule has 1 aromatic rings. The molecule has 23 heavy (non-hydrogen) atoms. The van der Waals surface area contributed by atoms with Crippen molar-refractivity contribution in [3.63, 3.8) is 0 Å². The number of fused-ring (bicyclic) bond motifs is 1. The molecule has 2 fully saturated rings. The molecule has 0 spiro atoms. The average molecular weight is 314 g/mol. The van der Waals surface area contributed by atoms with E-state index in [1.165, 1.54) is 49.7 Å². The smallest absolute Gasteiger partial charge is 0.330 e. The highest BCUT2D eigenvalue weighted by Gasteiger charge is 2.43. The van der Waals surface area contributed by atoms with Crippen LogP contribution < -0.4 is 0 Å². The van der Waals surface area contributed by atoms with Crippen molar-refractivity contribution < 1.29 is 14.0 Å². The Hall–Kier alpha value is -1.61. The molecular weight excluding hydrogens is 286 g/mol. The summed E-state index contributed by atoms with van der Waals surface area (Å²) >= 11 is 0. The Morgan fingerprint density at radius 2 is 1.96 bits per heavy atom. The Balaban J connectivity index is 1.53. The lowest BCUT2D eigenvalue weighted by molar-refractivity contribution is -0.947. The topological polar surface area (TPSA) is 26.3 Å². The van der Waals surface area contributed by atoms with Gasteiger partial charge in [-0.15, -0.1) is 0 Å². The Labute approximate surface area is 139 Å². The van der Waals surface area contributed by atoms with Gasteiger partial charge in [-0.25, -0.2) is 4.79 Å². The van der Waals surface area contributed by atoms with Crippen LogP contribution in [-0.2, 0) is 9.53 Å². The minimum absolute atomic E-state index is 0.218. The first-order chi connectivity index (χ1) is 11.2. The molecule has 0 amide bonds. The standard InChI is InChI=1S/C20H28NO2/c1-21-14-6-5-11-19(21)18(10-7-15-21)16-23-20(22)13-12-17-8-3-2-4-9-17/h2-4,8-9,12-13,18-19H,5-7,10-11,14-16H2,1H3/q+1/b13-12+/t18-,19+,21?/m0/s1. The van der Waals surface area contributed by atoms with E-state index in [9.17, 15) is 4.79 Å². The van der Waals surface area contributed by atoms with E-state index in [0.29, 0.717) is 18.6 Å². The number of rotatable bonds is 4. The van der Waals surface area contributed by atoms with Crippen LogP contribution in [0.1, 0.15) is 37.7 Å². The van der Waals surface area contributed by atoms with Crippen molar-refractivity contribution in [2.24, 2.45) is 5.92 Å². The first kappa shape index (κ1) is 16.3. The molecule has 0 aliphatic carbocycles. The minimum Gasteiger partial charge on any atom is -0.462 e. The number of hydrogen-bond donors (Lipinski definition) is 0. The van der Waals surface area contributed by atoms with Gasteiger partial charge in [0.2, 0.25) is 0 Å². The molecule has 2 aliphatic heterocycles. The van der Waals surface area contributed by atoms with Gasteiger partial charge in [-0.2, -0.15) is 0 Å². The van der Waals surface area contributed by atoms with Crippen molar-refractivity contribution in [2.45, 2.75) is 38.1 Å². The largest absolute Gasteiger partial charge is 0.462 e. The summed E-state index contributed by atoms with van der Waals surface area (Å²) in [6, 6.07) is 10.6. The summed E-state index contributed by atoms with van der Waals surface area (Å²) < 4.78 is 6.76. The summed E-state index contributed by atoms with van der Waals surface area (Å²) in [4.78, 5) is 12.0. The SMILES string of the molecule is C[N+]12CCCC[C@@H]1[C@H](COC(=O)/C=C/c1ccccc1)CCC2. The quantitative estimate of drug-likeness (QED) is 0.482. The molecule has 2 saturated heterocycles. The van der Waals surface area contributed by atoms with Crippen LogP contribution in [0.15, 0.2) is 36.4 Å². The molecule has 2 heterocycles. The molecule has 1 unspecified atom stereocenters. The molecule has 1 aromatic carbocycles. The number of carbonyl (C=O) groups excluding carboxylic acids is 1. The summed E-state index contributed by atoms with van der Waals surface area (Å²) in [5.41, 5.74) is 1.03. The Kier molecular flexibility index (Phi) is 5.16. The van der Waals surface area contributed by atoms with Gasteiger partial charge in [-0.1, -0.05) is 30.3 Å². The molecule has 0 radical (unpaired) electrons. The number of nitrogens with zero attached hydrogens (tertiary/aromatic N) is 1. The maximum absolute atomic E-state index is 12.0. The van der Waals surface area contributed by atoms with Crippen molar-refractivity contribution in [2.75, 3.05) is 26.7 Å². The number of hydrogen-bond acceptors (Lipinski definition) is 2. The van der Waals surface area contributed by atoms with Gasteiger partial charge in [-0.05, 0) is 37.3 Å². The van der Waals surface area contributed by atoms with Gasteiger partial charge >= 0.3 is 5.97 Å². The number of benzene rings is 1. The highest BCUT2D eigenvalue weighted by molar-refractivity contribution is 5.87. The molecule has 3 heteroatoms. The van der Waals surface area contributed by atoms with E-state index in [1.54, 1.807) is 6.08 Å². The lowest BCUT2D eigenvalue weighted by atomic mass is 9.82. The second-order valence-corrected chi connectivity index (χ2v) is 7.27. The zero-order valence-corrected chi connectivity index (χ0v) is 14.1. The zero-order valence-electron chi connectivity index (χ0n) is 14.1. The summed E-state index contributed by atoms with van der Waals surface area (Å²) in [5.74, 6) is 0.313. The lowest BCUT2D eigenvalue weighted by Crippen LogP contribution is -2.61. The molecule has 0 bridgehead atoms. The monoisotopic (exact) mass is 314 g/mol. The molecule has 3 nitrogen and oxygen atoms in total. The molecule has 3 atom stereocenters. The Morgan fingerprint density at radius 1 is 1.17 bits per heavy atom. The maximum atomic E-state index is 12.0. The Bertz CT molecular complexity index is 550. The molecule has 2 aliphatic rings. The van der Waals surface area contributed by atoms with Gasteiger partial charge in [0.05, 0.1) is 26.2 Å². The zero-order chi connectivity index (χ0) is 16.1. The van der Waals surface area contributed by atoms with E-state index in [-0.39, 0.29) is 5.97 Å². The molecular formula is C20H28NO2+. The predicted molar refractivity (Wildman–Crippen MR) is 92.7 cm³/mol. The van der Waals surface area contributed by atoms with Gasteiger partial charge < -0.3 is 9.22 Å². The maximum Gasteiger partial charge on any atom is 0.330 e. The van der Waals surface area contributed by atoms with Crippen LogP contribution in [-0.4, -0.2) is 43.2 Å². The number of quaternary nitrogens is 1. The average Bonchev–Trinajstić information content (AvgIpc) is 2.58. The van der Waals surface area contributed by atoms with Crippen molar-refractivity contribution in [3.05, 3.63) is 42.0 Å². The number of carbonyl (C=O) groups is 1. The van der Waals surface area contributed by atoms with Crippen molar-refractivity contribution in [3.8, 4) is 0 Å². The van der Waals surface area contributed by atoms with Gasteiger partial charge in [0.15, 0.2) is 0 Å². The minimum atomic E-state index is -0.218. The van der Waals surface area contributed by atoms with Crippen LogP contribution in [0, 0.1) is 5.92 Å². The Morgan fingerprint density at radius 3 is 2.78 bits per heavy atom. The van der Waals surface area contributed by atoms with Gasteiger partial charge in [-0.3, -0.25) is 0 Å². The highest BCUT2D eigenvalue weighted by atomic mass is 16.5. The third-order valence-corrected chi connectivity index (χ3v) is 5.66. The van der Waals surface area contributed by atoms with Crippen LogP contribution in [0.4, 0.5) is 0 Å². The van der Waals surface area contributed by atoms with E-state index in [2.05, 4.69) is 7.05 Å². The molecule has 3 rings (SSSR count). The van der Waals surface area contributed by atoms with Crippen molar-refractivity contribution in [1.29, 1.82) is 0 Å². The van der Waals surface area contributed by atoms with E-state index in [4.69, 9.17) is 4.74 Å². The van der Waals surface area contributed by atoms with Gasteiger partial charge in [0.25, 0.3) is 0 Å².